The second kappa shape index (κ2) is 7.08. The summed E-state index contributed by atoms with van der Waals surface area (Å²) in [6, 6.07) is 14.7. The molecule has 3 nitrogen and oxygen atoms in total. The molecule has 2 aromatic rings. The van der Waals surface area contributed by atoms with Gasteiger partial charge < -0.3 is 9.80 Å². The van der Waals surface area contributed by atoms with Crippen LogP contribution in [0.1, 0.15) is 22.3 Å². The van der Waals surface area contributed by atoms with E-state index in [0.717, 1.165) is 31.7 Å². The predicted molar refractivity (Wildman–Crippen MR) is 99.6 cm³/mol. The van der Waals surface area contributed by atoms with Crippen LogP contribution in [0.5, 0.6) is 0 Å². The maximum absolute atomic E-state index is 12.6. The van der Waals surface area contributed by atoms with Gasteiger partial charge >= 0.3 is 0 Å². The van der Waals surface area contributed by atoms with E-state index >= 15 is 0 Å². The Hall–Kier alpha value is -2.29. The van der Waals surface area contributed by atoms with Crippen LogP contribution in [-0.2, 0) is 11.2 Å². The fourth-order valence-electron chi connectivity index (χ4n) is 3.59. The van der Waals surface area contributed by atoms with Crippen molar-refractivity contribution in [3.63, 3.8) is 0 Å². The van der Waals surface area contributed by atoms with Gasteiger partial charge in [0.05, 0.1) is 6.42 Å². The summed E-state index contributed by atoms with van der Waals surface area (Å²) < 4.78 is 0. The molecular formula is C21H26N2O. The summed E-state index contributed by atoms with van der Waals surface area (Å²) in [4.78, 5) is 17.0. The molecular weight excluding hydrogens is 296 g/mol. The van der Waals surface area contributed by atoms with Crippen molar-refractivity contribution in [2.24, 2.45) is 0 Å². The van der Waals surface area contributed by atoms with Crippen molar-refractivity contribution in [1.29, 1.82) is 0 Å². The fourth-order valence-corrected chi connectivity index (χ4v) is 3.59. The standard InChI is InChI=1S/C21H26N2O/c1-16-6-4-9-19(14-16)15-20(24)22-10-12-23(13-11-22)21-17(2)7-5-8-18(21)3/h4-9,14H,10-13,15H2,1-3H3. The van der Waals surface area contributed by atoms with Crippen LogP contribution in [0.2, 0.25) is 0 Å². The summed E-state index contributed by atoms with van der Waals surface area (Å²) in [6.45, 7) is 9.82. The van der Waals surface area contributed by atoms with Crippen LogP contribution in [0.4, 0.5) is 5.69 Å². The Morgan fingerprint density at radius 1 is 0.917 bits per heavy atom. The third kappa shape index (κ3) is 3.61. The van der Waals surface area contributed by atoms with Crippen LogP contribution >= 0.6 is 0 Å². The molecule has 3 heteroatoms. The minimum Gasteiger partial charge on any atom is -0.368 e. The molecule has 0 bridgehead atoms. The molecule has 0 spiro atoms. The van der Waals surface area contributed by atoms with Crippen molar-refractivity contribution in [2.75, 3.05) is 31.1 Å². The summed E-state index contributed by atoms with van der Waals surface area (Å²) in [5.74, 6) is 0.238. The molecule has 0 unspecified atom stereocenters. The molecule has 1 aliphatic rings. The van der Waals surface area contributed by atoms with Gasteiger partial charge in [-0.2, -0.15) is 0 Å². The van der Waals surface area contributed by atoms with Crippen LogP contribution in [-0.4, -0.2) is 37.0 Å². The predicted octanol–water partition coefficient (Wildman–Crippen LogP) is 3.50. The average Bonchev–Trinajstić information content (AvgIpc) is 2.55. The molecule has 3 rings (SSSR count). The van der Waals surface area contributed by atoms with Gasteiger partial charge in [0.1, 0.15) is 0 Å². The molecule has 0 saturated carbocycles. The Kier molecular flexibility index (Phi) is 4.89. The van der Waals surface area contributed by atoms with Crippen LogP contribution < -0.4 is 4.90 Å². The monoisotopic (exact) mass is 322 g/mol. The van der Waals surface area contributed by atoms with Gasteiger partial charge in [0.25, 0.3) is 0 Å². The molecule has 0 aromatic heterocycles. The van der Waals surface area contributed by atoms with E-state index in [1.165, 1.54) is 22.4 Å². The van der Waals surface area contributed by atoms with Gasteiger partial charge in [-0.05, 0) is 37.5 Å². The first kappa shape index (κ1) is 16.6. The lowest BCUT2D eigenvalue weighted by molar-refractivity contribution is -0.130. The molecule has 1 fully saturated rings. The van der Waals surface area contributed by atoms with E-state index < -0.39 is 0 Å². The smallest absolute Gasteiger partial charge is 0.227 e. The van der Waals surface area contributed by atoms with Gasteiger partial charge in [-0.3, -0.25) is 4.79 Å². The lowest BCUT2D eigenvalue weighted by atomic mass is 10.1. The third-order valence-corrected chi connectivity index (χ3v) is 4.83. The molecule has 0 aliphatic carbocycles. The van der Waals surface area contributed by atoms with E-state index in [-0.39, 0.29) is 5.91 Å². The zero-order valence-electron chi connectivity index (χ0n) is 14.9. The van der Waals surface area contributed by atoms with Crippen molar-refractivity contribution in [2.45, 2.75) is 27.2 Å². The number of amides is 1. The number of aryl methyl sites for hydroxylation is 3. The lowest BCUT2D eigenvalue weighted by Gasteiger charge is -2.37. The van der Waals surface area contributed by atoms with Crippen molar-refractivity contribution in [3.05, 3.63) is 64.7 Å². The number of carbonyl (C=O) groups excluding carboxylic acids is 1. The number of para-hydroxylation sites is 1. The molecule has 1 saturated heterocycles. The van der Waals surface area contributed by atoms with E-state index in [9.17, 15) is 4.79 Å². The Bertz CT molecular complexity index is 710. The van der Waals surface area contributed by atoms with E-state index in [1.807, 2.05) is 17.0 Å². The number of benzene rings is 2. The fraction of sp³-hybridized carbons (Fsp3) is 0.381. The third-order valence-electron chi connectivity index (χ3n) is 4.83. The largest absolute Gasteiger partial charge is 0.368 e. The molecule has 2 aromatic carbocycles. The lowest BCUT2D eigenvalue weighted by Crippen LogP contribution is -2.49. The van der Waals surface area contributed by atoms with E-state index in [4.69, 9.17) is 0 Å². The number of hydrogen-bond donors (Lipinski definition) is 0. The van der Waals surface area contributed by atoms with Gasteiger partial charge in [0.15, 0.2) is 0 Å². The number of carbonyl (C=O) groups is 1. The second-order valence-corrected chi connectivity index (χ2v) is 6.77. The van der Waals surface area contributed by atoms with Crippen molar-refractivity contribution >= 4 is 11.6 Å². The summed E-state index contributed by atoms with van der Waals surface area (Å²) in [7, 11) is 0. The SMILES string of the molecule is Cc1cccc(CC(=O)N2CCN(c3c(C)cccc3C)CC2)c1. The van der Waals surface area contributed by atoms with Gasteiger partial charge in [-0.25, -0.2) is 0 Å². The zero-order chi connectivity index (χ0) is 17.1. The number of nitrogens with zero attached hydrogens (tertiary/aromatic N) is 2. The maximum Gasteiger partial charge on any atom is 0.227 e. The van der Waals surface area contributed by atoms with E-state index in [1.54, 1.807) is 0 Å². The molecule has 1 amide bonds. The number of piperazine rings is 1. The molecule has 0 atom stereocenters. The minimum absolute atomic E-state index is 0.238. The quantitative estimate of drug-likeness (QED) is 0.863. The highest BCUT2D eigenvalue weighted by molar-refractivity contribution is 5.79. The summed E-state index contributed by atoms with van der Waals surface area (Å²) in [6.07, 6.45) is 0.505. The summed E-state index contributed by atoms with van der Waals surface area (Å²) in [5.41, 5.74) is 6.28. The van der Waals surface area contributed by atoms with Crippen LogP contribution in [0, 0.1) is 20.8 Å². The van der Waals surface area contributed by atoms with Crippen molar-refractivity contribution in [1.82, 2.24) is 4.90 Å². The summed E-state index contributed by atoms with van der Waals surface area (Å²) in [5, 5.41) is 0. The highest BCUT2D eigenvalue weighted by Crippen LogP contribution is 2.25. The normalized spacial score (nSPS) is 14.8. The highest BCUT2D eigenvalue weighted by atomic mass is 16.2. The Labute approximate surface area is 144 Å². The van der Waals surface area contributed by atoms with Gasteiger partial charge in [-0.15, -0.1) is 0 Å². The van der Waals surface area contributed by atoms with Gasteiger partial charge in [-0.1, -0.05) is 48.0 Å². The summed E-state index contributed by atoms with van der Waals surface area (Å²) >= 11 is 0. The molecule has 126 valence electrons. The van der Waals surface area contributed by atoms with E-state index in [0.29, 0.717) is 6.42 Å². The molecule has 1 aliphatic heterocycles. The Balaban J connectivity index is 1.61. The number of rotatable bonds is 3. The molecule has 24 heavy (non-hydrogen) atoms. The first-order valence-electron chi connectivity index (χ1n) is 8.69. The first-order chi connectivity index (χ1) is 11.5. The number of hydrogen-bond acceptors (Lipinski definition) is 2. The number of anilines is 1. The topological polar surface area (TPSA) is 23.6 Å². The molecule has 1 heterocycles. The van der Waals surface area contributed by atoms with Gasteiger partial charge in [0.2, 0.25) is 5.91 Å². The van der Waals surface area contributed by atoms with Gasteiger partial charge in [0, 0.05) is 31.9 Å². The maximum atomic E-state index is 12.6. The van der Waals surface area contributed by atoms with Crippen LogP contribution in [0.15, 0.2) is 42.5 Å². The van der Waals surface area contributed by atoms with Crippen molar-refractivity contribution < 1.29 is 4.79 Å². The molecule has 0 N–H and O–H groups in total. The van der Waals surface area contributed by atoms with Crippen LogP contribution in [0.3, 0.4) is 0 Å². The first-order valence-corrected chi connectivity index (χ1v) is 8.69. The zero-order valence-corrected chi connectivity index (χ0v) is 14.9. The Morgan fingerprint density at radius 3 is 2.17 bits per heavy atom. The Morgan fingerprint density at radius 2 is 1.54 bits per heavy atom. The van der Waals surface area contributed by atoms with Crippen molar-refractivity contribution in [3.8, 4) is 0 Å². The average molecular weight is 322 g/mol. The van der Waals surface area contributed by atoms with Crippen LogP contribution in [0.25, 0.3) is 0 Å². The minimum atomic E-state index is 0.238. The highest BCUT2D eigenvalue weighted by Gasteiger charge is 2.22. The van der Waals surface area contributed by atoms with E-state index in [2.05, 4.69) is 56.0 Å². The molecule has 0 radical (unpaired) electrons. The second-order valence-electron chi connectivity index (χ2n) is 6.77.